The van der Waals surface area contributed by atoms with Crippen molar-refractivity contribution in [3.8, 4) is 0 Å². The molecule has 1 unspecified atom stereocenters. The van der Waals surface area contributed by atoms with Crippen LogP contribution < -0.4 is 5.32 Å². The molecule has 0 saturated carbocycles. The molecular formula is C15H31N3O3. The third-order valence-corrected chi connectivity index (χ3v) is 3.42. The van der Waals surface area contributed by atoms with Gasteiger partial charge in [-0.3, -0.25) is 4.79 Å². The summed E-state index contributed by atoms with van der Waals surface area (Å²) in [4.78, 5) is 27.1. The molecule has 124 valence electrons. The summed E-state index contributed by atoms with van der Waals surface area (Å²) in [5, 5.41) is 11.9. The molecule has 0 bridgehead atoms. The Balaban J connectivity index is 4.59. The second-order valence-electron chi connectivity index (χ2n) is 6.70. The van der Waals surface area contributed by atoms with Gasteiger partial charge in [-0.15, -0.1) is 0 Å². The predicted octanol–water partition coefficient (Wildman–Crippen LogP) is 1.86. The normalized spacial score (nSPS) is 13.1. The Hall–Kier alpha value is -1.30. The quantitative estimate of drug-likeness (QED) is 0.718. The van der Waals surface area contributed by atoms with Crippen LogP contribution in [0.2, 0.25) is 0 Å². The maximum atomic E-state index is 12.3. The third-order valence-electron chi connectivity index (χ3n) is 3.42. The van der Waals surface area contributed by atoms with Crippen molar-refractivity contribution in [3.63, 3.8) is 0 Å². The fourth-order valence-corrected chi connectivity index (χ4v) is 1.97. The maximum Gasteiger partial charge on any atom is 0.317 e. The van der Waals surface area contributed by atoms with Gasteiger partial charge in [0.2, 0.25) is 0 Å². The summed E-state index contributed by atoms with van der Waals surface area (Å²) in [5.41, 5.74) is -0.295. The van der Waals surface area contributed by atoms with Crippen LogP contribution in [0.15, 0.2) is 0 Å². The van der Waals surface area contributed by atoms with Crippen LogP contribution in [0.4, 0.5) is 4.79 Å². The van der Waals surface area contributed by atoms with E-state index < -0.39 is 5.97 Å². The number of hydrogen-bond donors (Lipinski definition) is 2. The Morgan fingerprint density at radius 2 is 1.76 bits per heavy atom. The summed E-state index contributed by atoms with van der Waals surface area (Å²) in [7, 11) is 4.00. The van der Waals surface area contributed by atoms with Gasteiger partial charge in [-0.2, -0.15) is 0 Å². The molecule has 0 aliphatic carbocycles. The largest absolute Gasteiger partial charge is 0.481 e. The maximum absolute atomic E-state index is 12.3. The van der Waals surface area contributed by atoms with Crippen LogP contribution >= 0.6 is 0 Å². The summed E-state index contributed by atoms with van der Waals surface area (Å²) in [6, 6.07) is -0.567. The van der Waals surface area contributed by atoms with Crippen molar-refractivity contribution in [2.45, 2.75) is 46.6 Å². The summed E-state index contributed by atoms with van der Waals surface area (Å²) < 4.78 is 0. The van der Waals surface area contributed by atoms with E-state index in [2.05, 4.69) is 10.2 Å². The van der Waals surface area contributed by atoms with Gasteiger partial charge in [0.05, 0.1) is 6.42 Å². The fraction of sp³-hybridized carbons (Fsp3) is 0.867. The number of hydrogen-bond acceptors (Lipinski definition) is 3. The number of rotatable bonds is 8. The molecule has 0 aromatic heterocycles. The first-order valence-corrected chi connectivity index (χ1v) is 7.49. The Morgan fingerprint density at radius 3 is 2.14 bits per heavy atom. The number of nitrogens with zero attached hydrogens (tertiary/aromatic N) is 2. The van der Waals surface area contributed by atoms with E-state index in [1.807, 2.05) is 41.8 Å². The van der Waals surface area contributed by atoms with Crippen molar-refractivity contribution in [1.82, 2.24) is 15.1 Å². The van der Waals surface area contributed by atoms with E-state index in [4.69, 9.17) is 5.11 Å². The standard InChI is InChI=1S/C15H31N3O3/c1-7-18(10-8-9-17(5)6)14(21)16-12(11-13(19)20)15(2,3)4/h12H,7-11H2,1-6H3,(H,16,21)(H,19,20). The molecule has 0 aromatic carbocycles. The highest BCUT2D eigenvalue weighted by Crippen LogP contribution is 2.22. The molecule has 0 heterocycles. The summed E-state index contributed by atoms with van der Waals surface area (Å²) in [6.07, 6.45) is 0.831. The number of carboxylic acids is 1. The van der Waals surface area contributed by atoms with E-state index in [1.165, 1.54) is 0 Å². The highest BCUT2D eigenvalue weighted by Gasteiger charge is 2.29. The molecule has 0 aromatic rings. The van der Waals surface area contributed by atoms with E-state index in [9.17, 15) is 9.59 Å². The smallest absolute Gasteiger partial charge is 0.317 e. The zero-order valence-electron chi connectivity index (χ0n) is 14.3. The molecule has 0 saturated heterocycles. The first-order chi connectivity index (χ1) is 9.57. The summed E-state index contributed by atoms with van der Waals surface area (Å²) in [6.45, 7) is 9.93. The van der Waals surface area contributed by atoms with E-state index in [0.29, 0.717) is 13.1 Å². The average Bonchev–Trinajstić information content (AvgIpc) is 2.31. The topological polar surface area (TPSA) is 72.9 Å². The first kappa shape index (κ1) is 19.7. The summed E-state index contributed by atoms with van der Waals surface area (Å²) >= 11 is 0. The van der Waals surface area contributed by atoms with Crippen LogP contribution in [0.1, 0.15) is 40.5 Å². The molecule has 2 N–H and O–H groups in total. The molecule has 0 aliphatic rings. The molecular weight excluding hydrogens is 270 g/mol. The second kappa shape index (κ2) is 8.87. The van der Waals surface area contributed by atoms with Crippen molar-refractivity contribution in [3.05, 3.63) is 0 Å². The van der Waals surface area contributed by atoms with Gasteiger partial charge in [0.25, 0.3) is 0 Å². The lowest BCUT2D eigenvalue weighted by molar-refractivity contribution is -0.138. The Morgan fingerprint density at radius 1 is 1.19 bits per heavy atom. The van der Waals surface area contributed by atoms with Crippen LogP contribution in [0.3, 0.4) is 0 Å². The first-order valence-electron chi connectivity index (χ1n) is 7.49. The second-order valence-corrected chi connectivity index (χ2v) is 6.70. The Bertz CT molecular complexity index is 338. The Kier molecular flexibility index (Phi) is 8.32. The van der Waals surface area contributed by atoms with Crippen LogP contribution in [-0.2, 0) is 4.79 Å². The number of nitrogens with one attached hydrogen (secondary N) is 1. The van der Waals surface area contributed by atoms with Crippen molar-refractivity contribution in [2.24, 2.45) is 5.41 Å². The van der Waals surface area contributed by atoms with Crippen LogP contribution in [0.25, 0.3) is 0 Å². The van der Waals surface area contributed by atoms with E-state index in [1.54, 1.807) is 4.90 Å². The van der Waals surface area contributed by atoms with E-state index in [-0.39, 0.29) is 23.9 Å². The van der Waals surface area contributed by atoms with Gasteiger partial charge in [0.1, 0.15) is 0 Å². The van der Waals surface area contributed by atoms with Crippen LogP contribution in [-0.4, -0.2) is 66.7 Å². The molecule has 2 amide bonds. The van der Waals surface area contributed by atoms with Crippen LogP contribution in [0.5, 0.6) is 0 Å². The molecule has 0 rings (SSSR count). The minimum atomic E-state index is -0.897. The van der Waals surface area contributed by atoms with E-state index in [0.717, 1.165) is 13.0 Å². The lowest BCUT2D eigenvalue weighted by Gasteiger charge is -2.33. The number of amides is 2. The molecule has 0 fully saturated rings. The van der Waals surface area contributed by atoms with Crippen molar-refractivity contribution < 1.29 is 14.7 Å². The van der Waals surface area contributed by atoms with Gasteiger partial charge in [-0.25, -0.2) is 4.79 Å². The fourth-order valence-electron chi connectivity index (χ4n) is 1.97. The van der Waals surface area contributed by atoms with Crippen LogP contribution in [0, 0.1) is 5.41 Å². The molecule has 0 aliphatic heterocycles. The van der Waals surface area contributed by atoms with Crippen molar-refractivity contribution in [1.29, 1.82) is 0 Å². The number of carboxylic acid groups (broad SMARTS) is 1. The van der Waals surface area contributed by atoms with Gasteiger partial charge in [-0.1, -0.05) is 20.8 Å². The number of aliphatic carboxylic acids is 1. The van der Waals surface area contributed by atoms with Gasteiger partial charge in [0.15, 0.2) is 0 Å². The third kappa shape index (κ3) is 8.55. The predicted molar refractivity (Wildman–Crippen MR) is 84.4 cm³/mol. The molecule has 6 heteroatoms. The van der Waals surface area contributed by atoms with Gasteiger partial charge >= 0.3 is 12.0 Å². The Labute approximate surface area is 128 Å². The lowest BCUT2D eigenvalue weighted by Crippen LogP contribution is -2.50. The highest BCUT2D eigenvalue weighted by molar-refractivity contribution is 5.76. The zero-order chi connectivity index (χ0) is 16.6. The lowest BCUT2D eigenvalue weighted by atomic mass is 9.85. The number of carbonyl (C=O) groups is 2. The minimum absolute atomic E-state index is 0.0650. The van der Waals surface area contributed by atoms with Crippen molar-refractivity contribution in [2.75, 3.05) is 33.7 Å². The van der Waals surface area contributed by atoms with E-state index >= 15 is 0 Å². The van der Waals surface area contributed by atoms with Crippen molar-refractivity contribution >= 4 is 12.0 Å². The SMILES string of the molecule is CCN(CCCN(C)C)C(=O)NC(CC(=O)O)C(C)(C)C. The molecule has 21 heavy (non-hydrogen) atoms. The monoisotopic (exact) mass is 301 g/mol. The number of carbonyl (C=O) groups excluding carboxylic acids is 1. The molecule has 1 atom stereocenters. The molecule has 6 nitrogen and oxygen atoms in total. The summed E-state index contributed by atoms with van der Waals surface area (Å²) in [5.74, 6) is -0.897. The van der Waals surface area contributed by atoms with Gasteiger partial charge in [0, 0.05) is 19.1 Å². The highest BCUT2D eigenvalue weighted by atomic mass is 16.4. The van der Waals surface area contributed by atoms with Gasteiger partial charge in [-0.05, 0) is 39.4 Å². The zero-order valence-corrected chi connectivity index (χ0v) is 14.3. The average molecular weight is 301 g/mol. The minimum Gasteiger partial charge on any atom is -0.481 e. The molecule has 0 radical (unpaired) electrons. The number of urea groups is 1. The van der Waals surface area contributed by atoms with Gasteiger partial charge < -0.3 is 20.2 Å². The molecule has 0 spiro atoms.